The van der Waals surface area contributed by atoms with Gasteiger partial charge in [-0.1, -0.05) is 6.07 Å². The molecule has 2 rings (SSSR count). The number of primary amides is 1. The minimum atomic E-state index is -0.699. The maximum Gasteiger partial charge on any atom is 0.324 e. The predicted molar refractivity (Wildman–Crippen MR) is 89.7 cm³/mol. The number of carbonyl (C=O) groups is 1. The van der Waals surface area contributed by atoms with Gasteiger partial charge in [-0.2, -0.15) is 0 Å². The molecule has 0 aliphatic carbocycles. The molecule has 0 heterocycles. The number of amides is 2. The molecule has 2 aromatic carbocycles. The van der Waals surface area contributed by atoms with Gasteiger partial charge in [0.15, 0.2) is 0 Å². The first-order valence-electron chi connectivity index (χ1n) is 6.99. The topological polar surface area (TPSA) is 88.6 Å². The molecule has 0 aromatic heterocycles. The zero-order valence-electron chi connectivity index (χ0n) is 13.3. The number of nitrogens with one attached hydrogen (secondary N) is 1. The lowest BCUT2D eigenvalue weighted by Gasteiger charge is -2.19. The van der Waals surface area contributed by atoms with Crippen LogP contribution in [-0.4, -0.2) is 19.0 Å². The molecule has 0 radical (unpaired) electrons. The van der Waals surface area contributed by atoms with Gasteiger partial charge in [-0.15, -0.1) is 0 Å². The molecule has 6 nitrogen and oxygen atoms in total. The minimum Gasteiger partial charge on any atom is -0.497 e. The third-order valence-electron chi connectivity index (χ3n) is 3.27. The molecular formula is C17H19N3O3. The van der Waals surface area contributed by atoms with Crippen molar-refractivity contribution in [2.75, 3.05) is 12.0 Å². The first kappa shape index (κ1) is 16.4. The van der Waals surface area contributed by atoms with Gasteiger partial charge >= 0.3 is 6.03 Å². The van der Waals surface area contributed by atoms with Gasteiger partial charge in [-0.05, 0) is 49.7 Å². The Morgan fingerprint density at radius 3 is 2.26 bits per heavy atom. The van der Waals surface area contributed by atoms with E-state index in [-0.39, 0.29) is 5.84 Å². The maximum absolute atomic E-state index is 11.4. The lowest BCUT2D eigenvalue weighted by molar-refractivity contribution is 0.256. The Morgan fingerprint density at radius 1 is 1.13 bits per heavy atom. The van der Waals surface area contributed by atoms with Crippen LogP contribution in [0.4, 0.5) is 10.5 Å². The molecule has 0 bridgehead atoms. The van der Waals surface area contributed by atoms with Crippen molar-refractivity contribution in [3.8, 4) is 17.2 Å². The van der Waals surface area contributed by atoms with Crippen molar-refractivity contribution in [1.29, 1.82) is 5.41 Å². The van der Waals surface area contributed by atoms with Crippen LogP contribution in [0.25, 0.3) is 0 Å². The molecule has 2 amide bonds. The summed E-state index contributed by atoms with van der Waals surface area (Å²) in [7, 11) is 1.60. The number of amidine groups is 1. The zero-order chi connectivity index (χ0) is 17.0. The average Bonchev–Trinajstić information content (AvgIpc) is 2.50. The van der Waals surface area contributed by atoms with E-state index in [1.54, 1.807) is 37.4 Å². The molecule has 0 aliphatic heterocycles. The van der Waals surface area contributed by atoms with E-state index in [9.17, 15) is 4.79 Å². The number of carbonyl (C=O) groups excluding carboxylic acids is 1. The largest absolute Gasteiger partial charge is 0.497 e. The summed E-state index contributed by atoms with van der Waals surface area (Å²) in [5, 5.41) is 7.61. The van der Waals surface area contributed by atoms with E-state index in [0.29, 0.717) is 22.9 Å². The smallest absolute Gasteiger partial charge is 0.324 e. The molecule has 0 fully saturated rings. The van der Waals surface area contributed by atoms with E-state index in [0.717, 1.165) is 10.5 Å². The fourth-order valence-corrected chi connectivity index (χ4v) is 2.09. The minimum absolute atomic E-state index is 0.0507. The predicted octanol–water partition coefficient (Wildman–Crippen LogP) is 3.68. The SMILES string of the molecule is COc1ccc(C)c(Oc2ccc(N(C(C)=N)C(N)=O)cc2)c1. The van der Waals surface area contributed by atoms with Crippen molar-refractivity contribution < 1.29 is 14.3 Å². The van der Waals surface area contributed by atoms with Crippen molar-refractivity contribution in [1.82, 2.24) is 0 Å². The second-order valence-corrected chi connectivity index (χ2v) is 4.99. The van der Waals surface area contributed by atoms with Crippen LogP contribution in [0.2, 0.25) is 0 Å². The fraction of sp³-hybridized carbons (Fsp3) is 0.176. The zero-order valence-corrected chi connectivity index (χ0v) is 13.3. The number of anilines is 1. The van der Waals surface area contributed by atoms with Crippen LogP contribution in [0.1, 0.15) is 12.5 Å². The van der Waals surface area contributed by atoms with E-state index in [1.807, 2.05) is 19.1 Å². The summed E-state index contributed by atoms with van der Waals surface area (Å²) in [5.41, 5.74) is 6.77. The van der Waals surface area contributed by atoms with Gasteiger partial charge in [0.1, 0.15) is 23.1 Å². The number of hydrogen-bond acceptors (Lipinski definition) is 4. The van der Waals surface area contributed by atoms with Gasteiger partial charge in [0.25, 0.3) is 0 Å². The Morgan fingerprint density at radius 2 is 1.74 bits per heavy atom. The molecule has 0 saturated carbocycles. The third kappa shape index (κ3) is 3.79. The molecule has 0 atom stereocenters. The lowest BCUT2D eigenvalue weighted by Crippen LogP contribution is -2.38. The monoisotopic (exact) mass is 313 g/mol. The van der Waals surface area contributed by atoms with E-state index >= 15 is 0 Å². The molecule has 0 spiro atoms. The van der Waals surface area contributed by atoms with Crippen LogP contribution in [0.15, 0.2) is 42.5 Å². The summed E-state index contributed by atoms with van der Waals surface area (Å²) in [6.45, 7) is 3.44. The standard InChI is InChI=1S/C17H19N3O3/c1-11-4-7-15(22-3)10-16(11)23-14-8-5-13(6-9-14)20(12(2)18)17(19)21/h4-10,18H,1-3H3,(H2,19,21). The Labute approximate surface area is 134 Å². The van der Waals surface area contributed by atoms with E-state index < -0.39 is 6.03 Å². The lowest BCUT2D eigenvalue weighted by atomic mass is 10.2. The van der Waals surface area contributed by atoms with Crippen LogP contribution in [0.5, 0.6) is 17.2 Å². The number of urea groups is 1. The average molecular weight is 313 g/mol. The fourth-order valence-electron chi connectivity index (χ4n) is 2.09. The van der Waals surface area contributed by atoms with Crippen molar-refractivity contribution in [3.63, 3.8) is 0 Å². The summed E-state index contributed by atoms with van der Waals surface area (Å²) in [6.07, 6.45) is 0. The Hall–Kier alpha value is -3.02. The van der Waals surface area contributed by atoms with Gasteiger partial charge in [0, 0.05) is 6.07 Å². The summed E-state index contributed by atoms with van der Waals surface area (Å²) < 4.78 is 11.0. The molecule has 120 valence electrons. The quantitative estimate of drug-likeness (QED) is 0.666. The van der Waals surface area contributed by atoms with Gasteiger partial charge in [-0.25, -0.2) is 4.79 Å². The first-order chi connectivity index (χ1) is 10.9. The van der Waals surface area contributed by atoms with Crippen LogP contribution in [0.3, 0.4) is 0 Å². The Kier molecular flexibility index (Phi) is 4.85. The second kappa shape index (κ2) is 6.83. The molecule has 2 aromatic rings. The number of methoxy groups -OCH3 is 1. The van der Waals surface area contributed by atoms with Crippen LogP contribution < -0.4 is 20.1 Å². The molecule has 0 aliphatic rings. The van der Waals surface area contributed by atoms with Crippen molar-refractivity contribution >= 4 is 17.6 Å². The number of aryl methyl sites for hydroxylation is 1. The molecule has 0 saturated heterocycles. The van der Waals surface area contributed by atoms with E-state index in [4.69, 9.17) is 20.6 Å². The number of nitrogens with two attached hydrogens (primary N) is 1. The summed E-state index contributed by atoms with van der Waals surface area (Å²) >= 11 is 0. The van der Waals surface area contributed by atoms with Crippen molar-refractivity contribution in [2.24, 2.45) is 5.73 Å². The van der Waals surface area contributed by atoms with Crippen LogP contribution in [0, 0.1) is 12.3 Å². The number of ether oxygens (including phenoxy) is 2. The van der Waals surface area contributed by atoms with Crippen LogP contribution >= 0.6 is 0 Å². The number of benzene rings is 2. The van der Waals surface area contributed by atoms with Gasteiger partial charge in [0.05, 0.1) is 12.8 Å². The normalized spacial score (nSPS) is 10.0. The highest BCUT2D eigenvalue weighted by Crippen LogP contribution is 2.30. The molecule has 3 N–H and O–H groups in total. The summed E-state index contributed by atoms with van der Waals surface area (Å²) in [5.74, 6) is 2.06. The number of hydrogen-bond donors (Lipinski definition) is 2. The highest BCUT2D eigenvalue weighted by Gasteiger charge is 2.14. The summed E-state index contributed by atoms with van der Waals surface area (Å²) in [6, 6.07) is 11.7. The molecule has 23 heavy (non-hydrogen) atoms. The molecular weight excluding hydrogens is 294 g/mol. The van der Waals surface area contributed by atoms with Gasteiger partial charge in [-0.3, -0.25) is 10.3 Å². The van der Waals surface area contributed by atoms with Crippen LogP contribution in [-0.2, 0) is 0 Å². The Bertz CT molecular complexity index is 712. The number of nitrogens with zero attached hydrogens (tertiary/aromatic N) is 1. The highest BCUT2D eigenvalue weighted by atomic mass is 16.5. The van der Waals surface area contributed by atoms with Crippen molar-refractivity contribution in [2.45, 2.75) is 13.8 Å². The maximum atomic E-state index is 11.4. The van der Waals surface area contributed by atoms with E-state index in [1.165, 1.54) is 6.92 Å². The molecule has 6 heteroatoms. The first-order valence-corrected chi connectivity index (χ1v) is 6.99. The van der Waals surface area contributed by atoms with E-state index in [2.05, 4.69) is 0 Å². The number of rotatable bonds is 4. The van der Waals surface area contributed by atoms with Gasteiger partial charge in [0.2, 0.25) is 0 Å². The third-order valence-corrected chi connectivity index (χ3v) is 3.27. The summed E-state index contributed by atoms with van der Waals surface area (Å²) in [4.78, 5) is 12.5. The highest BCUT2D eigenvalue weighted by molar-refractivity contribution is 6.13. The Balaban J connectivity index is 2.23. The molecule has 0 unspecified atom stereocenters. The second-order valence-electron chi connectivity index (χ2n) is 4.99. The van der Waals surface area contributed by atoms with Gasteiger partial charge < -0.3 is 15.2 Å². The van der Waals surface area contributed by atoms with Crippen molar-refractivity contribution in [3.05, 3.63) is 48.0 Å².